The molecule has 3 saturated carbocycles. The molecule has 2 bridgehead atoms. The van der Waals surface area contributed by atoms with E-state index in [0.717, 1.165) is 0 Å². The van der Waals surface area contributed by atoms with Gasteiger partial charge in [-0.05, 0) is 50.8 Å². The summed E-state index contributed by atoms with van der Waals surface area (Å²) < 4.78 is 66.1. The van der Waals surface area contributed by atoms with E-state index in [1.165, 1.54) is 4.31 Å². The Morgan fingerprint density at radius 3 is 2.50 bits per heavy atom. The molecular weight excluding hydrogens is 540 g/mol. The number of rotatable bonds is 11. The second-order valence-electron chi connectivity index (χ2n) is 10.5. The standard InChI is InChI=1S/C23H29Cl2F3N4O3S/c1-21(2)18(19(33)29-7-6-26)30-20(31-21)22-11-23(12-22,13-22)32(36(34,35)8-5-17(27)28)10-14-3-4-15(24)16(25)9-14/h3-4,9,17-18H,5-8,10-13H2,1-2H3,(H,29,33)(H,30,31)/t18-,22?,23?/m0/s1. The van der Waals surface area contributed by atoms with Crippen molar-refractivity contribution >= 4 is 45.0 Å². The molecule has 0 spiro atoms. The van der Waals surface area contributed by atoms with Gasteiger partial charge in [0.1, 0.15) is 12.5 Å². The Hall–Kier alpha value is -1.56. The van der Waals surface area contributed by atoms with Gasteiger partial charge in [0.2, 0.25) is 22.4 Å². The fourth-order valence-electron chi connectivity index (χ4n) is 5.58. The van der Waals surface area contributed by atoms with Crippen LogP contribution in [0.25, 0.3) is 0 Å². The number of amidine groups is 1. The van der Waals surface area contributed by atoms with Crippen LogP contribution in [-0.4, -0.2) is 67.0 Å². The summed E-state index contributed by atoms with van der Waals surface area (Å²) in [6, 6.07) is 4.06. The summed E-state index contributed by atoms with van der Waals surface area (Å²) >= 11 is 12.1. The van der Waals surface area contributed by atoms with Crippen LogP contribution in [0.2, 0.25) is 10.0 Å². The van der Waals surface area contributed by atoms with E-state index >= 15 is 0 Å². The summed E-state index contributed by atoms with van der Waals surface area (Å²) in [6.45, 7) is 2.87. The van der Waals surface area contributed by atoms with Crippen molar-refractivity contribution in [2.75, 3.05) is 19.0 Å². The smallest absolute Gasteiger partial charge is 0.247 e. The van der Waals surface area contributed by atoms with Crippen molar-refractivity contribution in [2.24, 2.45) is 10.4 Å². The van der Waals surface area contributed by atoms with E-state index in [0.29, 0.717) is 35.7 Å². The van der Waals surface area contributed by atoms with Gasteiger partial charge in [0.05, 0.1) is 21.3 Å². The fraction of sp³-hybridized carbons (Fsp3) is 0.652. The van der Waals surface area contributed by atoms with Gasteiger partial charge < -0.3 is 10.6 Å². The highest BCUT2D eigenvalue weighted by Gasteiger charge is 2.75. The minimum atomic E-state index is -4.01. The predicted molar refractivity (Wildman–Crippen MR) is 133 cm³/mol. The summed E-state index contributed by atoms with van der Waals surface area (Å²) in [4.78, 5) is 17.1. The van der Waals surface area contributed by atoms with Gasteiger partial charge in [0, 0.05) is 30.5 Å². The van der Waals surface area contributed by atoms with Crippen LogP contribution in [0.1, 0.15) is 45.1 Å². The molecule has 1 heterocycles. The molecule has 3 fully saturated rings. The minimum Gasteiger partial charge on any atom is -0.366 e. The molecule has 0 unspecified atom stereocenters. The number of hydrogen-bond donors (Lipinski definition) is 2. The van der Waals surface area contributed by atoms with E-state index < -0.39 is 57.8 Å². The SMILES string of the molecule is CC1(C)NC(C23CC(N(Cc4ccc(Cl)c(Cl)c4)S(=O)(=O)CCC(F)F)(C2)C3)=N[C@H]1C(=O)NCCF. The first-order valence-electron chi connectivity index (χ1n) is 11.7. The number of aliphatic imine (C=N–C) groups is 1. The quantitative estimate of drug-likeness (QED) is 0.423. The molecule has 0 aromatic heterocycles. The van der Waals surface area contributed by atoms with Crippen molar-refractivity contribution in [3.8, 4) is 0 Å². The van der Waals surface area contributed by atoms with Crippen LogP contribution in [0.4, 0.5) is 13.2 Å². The Morgan fingerprint density at radius 2 is 1.92 bits per heavy atom. The van der Waals surface area contributed by atoms with E-state index in [1.807, 2.05) is 13.8 Å². The zero-order chi connectivity index (χ0) is 26.5. The summed E-state index contributed by atoms with van der Waals surface area (Å²) in [6.07, 6.45) is -2.12. The Balaban J connectivity index is 1.55. The molecule has 1 atom stereocenters. The van der Waals surface area contributed by atoms with E-state index in [4.69, 9.17) is 23.2 Å². The molecule has 1 amide bonds. The molecule has 0 saturated heterocycles. The van der Waals surface area contributed by atoms with Gasteiger partial charge in [-0.2, -0.15) is 4.31 Å². The normalized spacial score (nSPS) is 28.4. The first-order chi connectivity index (χ1) is 16.7. The highest BCUT2D eigenvalue weighted by molar-refractivity contribution is 7.89. The van der Waals surface area contributed by atoms with Crippen LogP contribution in [0.5, 0.6) is 0 Å². The lowest BCUT2D eigenvalue weighted by atomic mass is 9.38. The average molecular weight is 569 g/mol. The second-order valence-corrected chi connectivity index (χ2v) is 13.3. The number of carbonyl (C=O) groups is 1. The van der Waals surface area contributed by atoms with Crippen molar-refractivity contribution < 1.29 is 26.4 Å². The Labute approximate surface area is 218 Å². The number of alkyl halides is 3. The van der Waals surface area contributed by atoms with Gasteiger partial charge >= 0.3 is 0 Å². The molecule has 200 valence electrons. The Bertz CT molecular complexity index is 1160. The second kappa shape index (κ2) is 9.63. The van der Waals surface area contributed by atoms with Gasteiger partial charge in [-0.3, -0.25) is 9.79 Å². The topological polar surface area (TPSA) is 90.9 Å². The van der Waals surface area contributed by atoms with E-state index in [9.17, 15) is 26.4 Å². The summed E-state index contributed by atoms with van der Waals surface area (Å²) in [5.74, 6) is -0.407. The van der Waals surface area contributed by atoms with Gasteiger partial charge in [-0.25, -0.2) is 21.6 Å². The van der Waals surface area contributed by atoms with Crippen molar-refractivity contribution in [3.05, 3.63) is 33.8 Å². The van der Waals surface area contributed by atoms with Crippen LogP contribution < -0.4 is 10.6 Å². The molecule has 1 aromatic carbocycles. The van der Waals surface area contributed by atoms with Crippen molar-refractivity contribution in [3.63, 3.8) is 0 Å². The zero-order valence-corrected chi connectivity index (χ0v) is 22.3. The predicted octanol–water partition coefficient (Wildman–Crippen LogP) is 3.94. The van der Waals surface area contributed by atoms with Crippen LogP contribution in [-0.2, 0) is 21.4 Å². The number of hydrogen-bond acceptors (Lipinski definition) is 5. The molecule has 4 aliphatic rings. The lowest BCUT2D eigenvalue weighted by Gasteiger charge is -2.73. The molecule has 5 rings (SSSR count). The largest absolute Gasteiger partial charge is 0.366 e. The third-order valence-electron chi connectivity index (χ3n) is 7.30. The van der Waals surface area contributed by atoms with Crippen molar-refractivity contribution in [1.29, 1.82) is 0 Å². The fourth-order valence-corrected chi connectivity index (χ4v) is 7.73. The molecule has 2 N–H and O–H groups in total. The minimum absolute atomic E-state index is 0.0157. The highest BCUT2D eigenvalue weighted by atomic mass is 35.5. The molecule has 1 aromatic rings. The maximum Gasteiger partial charge on any atom is 0.247 e. The summed E-state index contributed by atoms with van der Waals surface area (Å²) in [5, 5.41) is 6.44. The number of nitrogens with one attached hydrogen (secondary N) is 2. The van der Waals surface area contributed by atoms with Crippen molar-refractivity contribution in [1.82, 2.24) is 14.9 Å². The third kappa shape index (κ3) is 4.96. The lowest BCUT2D eigenvalue weighted by Crippen LogP contribution is -2.78. The number of carbonyl (C=O) groups excluding carboxylic acids is 1. The number of sulfonamides is 1. The van der Waals surface area contributed by atoms with Gasteiger partial charge in [0.25, 0.3) is 0 Å². The molecule has 0 radical (unpaired) electrons. The van der Waals surface area contributed by atoms with E-state index in [-0.39, 0.29) is 24.0 Å². The van der Waals surface area contributed by atoms with Crippen molar-refractivity contribution in [2.45, 2.75) is 69.6 Å². The average Bonchev–Trinajstić information content (AvgIpc) is 3.05. The molecule has 36 heavy (non-hydrogen) atoms. The number of amides is 1. The Kier molecular flexibility index (Phi) is 7.35. The Morgan fingerprint density at radius 1 is 1.25 bits per heavy atom. The first kappa shape index (κ1) is 27.5. The monoisotopic (exact) mass is 568 g/mol. The summed E-state index contributed by atoms with van der Waals surface area (Å²) in [5.41, 5.74) is -1.23. The molecule has 1 aliphatic heterocycles. The van der Waals surface area contributed by atoms with Gasteiger partial charge in [-0.1, -0.05) is 29.3 Å². The molecular formula is C23H29Cl2F3N4O3S. The lowest BCUT2D eigenvalue weighted by molar-refractivity contribution is -0.151. The van der Waals surface area contributed by atoms with E-state index in [2.05, 4.69) is 15.6 Å². The summed E-state index contributed by atoms with van der Waals surface area (Å²) in [7, 11) is -4.01. The number of halogens is 5. The highest BCUT2D eigenvalue weighted by Crippen LogP contribution is 2.71. The zero-order valence-electron chi connectivity index (χ0n) is 20.0. The van der Waals surface area contributed by atoms with Crippen LogP contribution in [0.3, 0.4) is 0 Å². The third-order valence-corrected chi connectivity index (χ3v) is 9.98. The van der Waals surface area contributed by atoms with Crippen LogP contribution >= 0.6 is 23.2 Å². The van der Waals surface area contributed by atoms with Gasteiger partial charge in [0.15, 0.2) is 6.04 Å². The molecule has 3 aliphatic carbocycles. The molecule has 13 heteroatoms. The van der Waals surface area contributed by atoms with E-state index in [1.54, 1.807) is 18.2 Å². The maximum absolute atomic E-state index is 13.2. The van der Waals surface area contributed by atoms with Gasteiger partial charge in [-0.15, -0.1) is 0 Å². The number of benzene rings is 1. The maximum atomic E-state index is 13.2. The first-order valence-corrected chi connectivity index (χ1v) is 14.0. The molecule has 7 nitrogen and oxygen atoms in total. The number of nitrogens with zero attached hydrogens (tertiary/aromatic N) is 2. The van der Waals surface area contributed by atoms with Crippen LogP contribution in [0.15, 0.2) is 23.2 Å². The van der Waals surface area contributed by atoms with Crippen LogP contribution in [0, 0.1) is 5.41 Å².